The van der Waals surface area contributed by atoms with E-state index in [1.54, 1.807) is 4.90 Å². The quantitative estimate of drug-likeness (QED) is 0.833. The maximum Gasteiger partial charge on any atom is 0.251 e. The molecule has 4 nitrogen and oxygen atoms in total. The molecule has 0 heterocycles. The zero-order valence-corrected chi connectivity index (χ0v) is 14.6. The Balaban J connectivity index is 1.45. The van der Waals surface area contributed by atoms with Gasteiger partial charge in [-0.3, -0.25) is 9.59 Å². The molecule has 1 aromatic carbocycles. The van der Waals surface area contributed by atoms with Gasteiger partial charge in [-0.05, 0) is 42.9 Å². The van der Waals surface area contributed by atoms with Crippen molar-refractivity contribution in [1.82, 2.24) is 10.2 Å². The molecule has 0 atom stereocenters. The van der Waals surface area contributed by atoms with Crippen LogP contribution in [0.25, 0.3) is 0 Å². The zero-order valence-electron chi connectivity index (χ0n) is 14.6. The van der Waals surface area contributed by atoms with Crippen molar-refractivity contribution in [2.45, 2.75) is 64.0 Å². The fourth-order valence-corrected chi connectivity index (χ4v) is 3.44. The summed E-state index contributed by atoms with van der Waals surface area (Å²) in [5.74, 6) is 0.981. The topological polar surface area (TPSA) is 49.4 Å². The third kappa shape index (κ3) is 4.83. The first-order valence-electron chi connectivity index (χ1n) is 9.25. The van der Waals surface area contributed by atoms with Crippen LogP contribution in [0, 0.1) is 5.92 Å². The lowest BCUT2D eigenvalue weighted by Crippen LogP contribution is -2.27. The first-order valence-corrected chi connectivity index (χ1v) is 9.25. The molecule has 0 radical (unpaired) electrons. The Morgan fingerprint density at radius 2 is 1.75 bits per heavy atom. The van der Waals surface area contributed by atoms with Gasteiger partial charge in [0.05, 0.1) is 0 Å². The van der Waals surface area contributed by atoms with Gasteiger partial charge in [-0.25, -0.2) is 0 Å². The highest BCUT2D eigenvalue weighted by molar-refractivity contribution is 5.94. The van der Waals surface area contributed by atoms with Gasteiger partial charge in [-0.1, -0.05) is 37.8 Å². The van der Waals surface area contributed by atoms with Crippen molar-refractivity contribution < 1.29 is 9.59 Å². The van der Waals surface area contributed by atoms with Crippen LogP contribution in [0.5, 0.6) is 0 Å². The van der Waals surface area contributed by atoms with Crippen LogP contribution in [0.2, 0.25) is 0 Å². The fraction of sp³-hybridized carbons (Fsp3) is 0.600. The highest BCUT2D eigenvalue weighted by Crippen LogP contribution is 2.28. The predicted molar refractivity (Wildman–Crippen MR) is 94.6 cm³/mol. The van der Waals surface area contributed by atoms with Gasteiger partial charge >= 0.3 is 0 Å². The van der Waals surface area contributed by atoms with Crippen LogP contribution < -0.4 is 5.32 Å². The van der Waals surface area contributed by atoms with Gasteiger partial charge < -0.3 is 10.2 Å². The Morgan fingerprint density at radius 3 is 2.38 bits per heavy atom. The minimum atomic E-state index is 0.00467. The fourth-order valence-electron chi connectivity index (χ4n) is 3.44. The number of nitrogens with one attached hydrogen (secondary N) is 1. The van der Waals surface area contributed by atoms with E-state index in [2.05, 4.69) is 5.32 Å². The molecule has 0 spiro atoms. The molecule has 2 amide bonds. The summed E-state index contributed by atoms with van der Waals surface area (Å²) in [7, 11) is 1.87. The van der Waals surface area contributed by atoms with E-state index in [-0.39, 0.29) is 11.8 Å². The molecule has 1 N–H and O–H groups in total. The summed E-state index contributed by atoms with van der Waals surface area (Å²) in [5, 5.41) is 2.99. The van der Waals surface area contributed by atoms with Crippen molar-refractivity contribution in [2.75, 3.05) is 7.05 Å². The van der Waals surface area contributed by atoms with Gasteiger partial charge in [-0.15, -0.1) is 0 Å². The lowest BCUT2D eigenvalue weighted by atomic mass is 10.0. The van der Waals surface area contributed by atoms with Gasteiger partial charge in [0, 0.05) is 31.6 Å². The van der Waals surface area contributed by atoms with Crippen LogP contribution in [-0.2, 0) is 11.3 Å². The van der Waals surface area contributed by atoms with Gasteiger partial charge in [-0.2, -0.15) is 0 Å². The Morgan fingerprint density at radius 1 is 1.08 bits per heavy atom. The van der Waals surface area contributed by atoms with Crippen LogP contribution in [-0.4, -0.2) is 29.8 Å². The number of benzene rings is 1. The molecule has 4 heteroatoms. The normalized spacial score (nSPS) is 17.7. The summed E-state index contributed by atoms with van der Waals surface area (Å²) in [6, 6.07) is 7.97. The molecule has 1 aromatic rings. The third-order valence-corrected chi connectivity index (χ3v) is 5.22. The summed E-state index contributed by atoms with van der Waals surface area (Å²) in [6.07, 6.45) is 9.12. The Kier molecular flexibility index (Phi) is 5.54. The second kappa shape index (κ2) is 7.82. The molecule has 0 aliphatic heterocycles. The maximum absolute atomic E-state index is 12.3. The number of carbonyl (C=O) groups excluding carboxylic acids is 2. The number of hydrogen-bond acceptors (Lipinski definition) is 2. The largest absolute Gasteiger partial charge is 0.349 e. The minimum absolute atomic E-state index is 0.00467. The Labute approximate surface area is 144 Å². The van der Waals surface area contributed by atoms with Gasteiger partial charge in [0.2, 0.25) is 5.91 Å². The van der Waals surface area contributed by atoms with Crippen LogP contribution in [0.4, 0.5) is 0 Å². The molecule has 0 saturated heterocycles. The molecular weight excluding hydrogens is 300 g/mol. The molecule has 0 aromatic heterocycles. The van der Waals surface area contributed by atoms with Crippen LogP contribution in [0.15, 0.2) is 24.3 Å². The molecule has 2 saturated carbocycles. The lowest BCUT2D eigenvalue weighted by Gasteiger charge is -2.18. The van der Waals surface area contributed by atoms with Crippen LogP contribution in [0.3, 0.4) is 0 Å². The van der Waals surface area contributed by atoms with E-state index < -0.39 is 0 Å². The highest BCUT2D eigenvalue weighted by atomic mass is 16.2. The van der Waals surface area contributed by atoms with E-state index in [0.717, 1.165) is 30.7 Å². The summed E-state index contributed by atoms with van der Waals surface area (Å²) in [6.45, 7) is 0.605. The second-order valence-electron chi connectivity index (χ2n) is 7.38. The number of rotatable bonds is 7. The van der Waals surface area contributed by atoms with Crippen molar-refractivity contribution in [3.05, 3.63) is 35.4 Å². The average molecular weight is 328 g/mol. The van der Waals surface area contributed by atoms with E-state index >= 15 is 0 Å². The third-order valence-electron chi connectivity index (χ3n) is 5.22. The molecule has 2 aliphatic carbocycles. The summed E-state index contributed by atoms with van der Waals surface area (Å²) < 4.78 is 0. The summed E-state index contributed by atoms with van der Waals surface area (Å²) in [4.78, 5) is 26.0. The van der Waals surface area contributed by atoms with Gasteiger partial charge in [0.1, 0.15) is 0 Å². The minimum Gasteiger partial charge on any atom is -0.349 e. The first-order chi connectivity index (χ1) is 11.6. The Hall–Kier alpha value is -1.84. The predicted octanol–water partition coefficient (Wildman–Crippen LogP) is 3.51. The van der Waals surface area contributed by atoms with Crippen LogP contribution in [0.1, 0.15) is 67.3 Å². The van der Waals surface area contributed by atoms with Gasteiger partial charge in [0.15, 0.2) is 0 Å². The van der Waals surface area contributed by atoms with Crippen molar-refractivity contribution in [2.24, 2.45) is 5.92 Å². The average Bonchev–Trinajstić information content (AvgIpc) is 3.24. The Bertz CT molecular complexity index is 572. The van der Waals surface area contributed by atoms with Gasteiger partial charge in [0.25, 0.3) is 5.91 Å². The number of nitrogens with zero attached hydrogens (tertiary/aromatic N) is 1. The summed E-state index contributed by atoms with van der Waals surface area (Å²) >= 11 is 0. The monoisotopic (exact) mass is 328 g/mol. The van der Waals surface area contributed by atoms with Crippen molar-refractivity contribution >= 4 is 11.8 Å². The van der Waals surface area contributed by atoms with Crippen molar-refractivity contribution in [3.8, 4) is 0 Å². The van der Waals surface area contributed by atoms with E-state index in [4.69, 9.17) is 0 Å². The molecule has 2 fully saturated rings. The molecular formula is C20H28N2O2. The molecule has 24 heavy (non-hydrogen) atoms. The zero-order chi connectivity index (χ0) is 16.9. The molecule has 0 bridgehead atoms. The van der Waals surface area contributed by atoms with E-state index in [1.807, 2.05) is 31.3 Å². The number of amides is 2. The highest BCUT2D eigenvalue weighted by Gasteiger charge is 2.23. The molecule has 2 aliphatic rings. The second-order valence-corrected chi connectivity index (χ2v) is 7.38. The SMILES string of the molecule is CN(Cc1ccc(C(=O)NC2CC2)cc1)C(=O)CCC1CCCC1. The molecule has 3 rings (SSSR count). The first kappa shape index (κ1) is 17.0. The van der Waals surface area contributed by atoms with Crippen molar-refractivity contribution in [1.29, 1.82) is 0 Å². The van der Waals surface area contributed by atoms with E-state index in [0.29, 0.717) is 24.6 Å². The van der Waals surface area contributed by atoms with Crippen molar-refractivity contribution in [3.63, 3.8) is 0 Å². The summed E-state index contributed by atoms with van der Waals surface area (Å²) in [5.41, 5.74) is 1.76. The van der Waals surface area contributed by atoms with E-state index in [1.165, 1.54) is 25.7 Å². The number of carbonyl (C=O) groups is 2. The van der Waals surface area contributed by atoms with Crippen LogP contribution >= 0.6 is 0 Å². The molecule has 130 valence electrons. The maximum atomic E-state index is 12.3. The lowest BCUT2D eigenvalue weighted by molar-refractivity contribution is -0.130. The molecule has 0 unspecified atom stereocenters. The van der Waals surface area contributed by atoms with E-state index in [9.17, 15) is 9.59 Å². The standard InChI is InChI=1S/C20H28N2O2/c1-22(19(23)13-8-15-4-2-3-5-15)14-16-6-9-17(10-7-16)20(24)21-18-11-12-18/h6-7,9-10,15,18H,2-5,8,11-14H2,1H3,(H,21,24). The smallest absolute Gasteiger partial charge is 0.251 e. The number of hydrogen-bond donors (Lipinski definition) is 1.